The number of benzene rings is 1. The van der Waals surface area contributed by atoms with Gasteiger partial charge in [0.25, 0.3) is 0 Å². The average Bonchev–Trinajstić information content (AvgIpc) is 2.95. The third-order valence-electron chi connectivity index (χ3n) is 4.97. The van der Waals surface area contributed by atoms with Crippen LogP contribution in [0, 0.1) is 0 Å². The molecule has 0 amide bonds. The zero-order chi connectivity index (χ0) is 15.6. The standard InChI is InChI=1S/C17H25NO3S/c1-2-22(19,20)16-7-5-14(6-8-16)18-15-9-12-21-17(13-15)10-3-4-11-17/h5-8,15,18H,2-4,9-13H2,1H3. The molecule has 0 aromatic heterocycles. The number of sulfone groups is 1. The number of ether oxygens (including phenoxy) is 1. The van der Waals surface area contributed by atoms with Gasteiger partial charge in [0, 0.05) is 18.3 Å². The van der Waals surface area contributed by atoms with Gasteiger partial charge < -0.3 is 10.1 Å². The lowest BCUT2D eigenvalue weighted by molar-refractivity contribution is -0.0767. The molecule has 1 atom stereocenters. The maximum atomic E-state index is 11.8. The average molecular weight is 323 g/mol. The van der Waals surface area contributed by atoms with Crippen molar-refractivity contribution in [3.63, 3.8) is 0 Å². The first-order valence-electron chi connectivity index (χ1n) is 8.26. The molecule has 2 aliphatic rings. The molecular formula is C17H25NO3S. The number of rotatable bonds is 4. The van der Waals surface area contributed by atoms with Gasteiger partial charge >= 0.3 is 0 Å². The molecule has 4 nitrogen and oxygen atoms in total. The largest absolute Gasteiger partial charge is 0.382 e. The fourth-order valence-corrected chi connectivity index (χ4v) is 4.56. The summed E-state index contributed by atoms with van der Waals surface area (Å²) in [4.78, 5) is 0.403. The van der Waals surface area contributed by atoms with Crippen LogP contribution in [0.15, 0.2) is 29.2 Å². The quantitative estimate of drug-likeness (QED) is 0.923. The smallest absolute Gasteiger partial charge is 0.178 e. The summed E-state index contributed by atoms with van der Waals surface area (Å²) < 4.78 is 29.7. The van der Waals surface area contributed by atoms with Gasteiger partial charge in [-0.05, 0) is 49.9 Å². The predicted octanol–water partition coefficient (Wildman–Crippen LogP) is 3.38. The van der Waals surface area contributed by atoms with E-state index in [1.807, 2.05) is 12.1 Å². The highest BCUT2D eigenvalue weighted by Crippen LogP contribution is 2.40. The van der Waals surface area contributed by atoms with Gasteiger partial charge in [0.05, 0.1) is 16.2 Å². The first kappa shape index (κ1) is 15.8. The first-order valence-corrected chi connectivity index (χ1v) is 9.92. The third kappa shape index (κ3) is 3.30. The summed E-state index contributed by atoms with van der Waals surface area (Å²) in [5.41, 5.74) is 1.09. The van der Waals surface area contributed by atoms with Crippen LogP contribution in [-0.2, 0) is 14.6 Å². The molecule has 1 aromatic rings. The Kier molecular flexibility index (Phi) is 4.46. The van der Waals surface area contributed by atoms with E-state index in [0.717, 1.165) is 25.1 Å². The topological polar surface area (TPSA) is 55.4 Å². The zero-order valence-electron chi connectivity index (χ0n) is 13.2. The first-order chi connectivity index (χ1) is 10.5. The SMILES string of the molecule is CCS(=O)(=O)c1ccc(NC2CCOC3(CCCC3)C2)cc1. The maximum Gasteiger partial charge on any atom is 0.178 e. The number of nitrogens with one attached hydrogen (secondary N) is 1. The Hall–Kier alpha value is -1.07. The lowest BCUT2D eigenvalue weighted by Crippen LogP contribution is -2.42. The molecule has 0 radical (unpaired) electrons. The molecule has 1 saturated carbocycles. The number of hydrogen-bond donors (Lipinski definition) is 1. The Bertz CT molecular complexity index is 603. The lowest BCUT2D eigenvalue weighted by atomic mass is 9.89. The van der Waals surface area contributed by atoms with Crippen molar-refractivity contribution in [2.45, 2.75) is 62.0 Å². The van der Waals surface area contributed by atoms with Crippen LogP contribution < -0.4 is 5.32 Å². The minimum atomic E-state index is -3.11. The molecule has 22 heavy (non-hydrogen) atoms. The second-order valence-corrected chi connectivity index (χ2v) is 8.78. The van der Waals surface area contributed by atoms with E-state index < -0.39 is 9.84 Å². The van der Waals surface area contributed by atoms with Crippen molar-refractivity contribution in [2.75, 3.05) is 17.7 Å². The predicted molar refractivity (Wildman–Crippen MR) is 88.0 cm³/mol. The van der Waals surface area contributed by atoms with E-state index in [0.29, 0.717) is 10.9 Å². The van der Waals surface area contributed by atoms with Gasteiger partial charge in [0.1, 0.15) is 0 Å². The minimum Gasteiger partial charge on any atom is -0.382 e. The van der Waals surface area contributed by atoms with Gasteiger partial charge in [-0.3, -0.25) is 0 Å². The van der Waals surface area contributed by atoms with Gasteiger partial charge in [-0.1, -0.05) is 19.8 Å². The van der Waals surface area contributed by atoms with Crippen LogP contribution in [0.4, 0.5) is 5.69 Å². The molecule has 5 heteroatoms. The van der Waals surface area contributed by atoms with Gasteiger partial charge in [0.15, 0.2) is 9.84 Å². The van der Waals surface area contributed by atoms with Crippen molar-refractivity contribution in [1.82, 2.24) is 0 Å². The zero-order valence-corrected chi connectivity index (χ0v) is 14.0. The van der Waals surface area contributed by atoms with Crippen LogP contribution in [0.5, 0.6) is 0 Å². The van der Waals surface area contributed by atoms with Crippen LogP contribution in [0.3, 0.4) is 0 Å². The molecule has 1 aromatic carbocycles. The Morgan fingerprint density at radius 3 is 2.55 bits per heavy atom. The van der Waals surface area contributed by atoms with E-state index in [4.69, 9.17) is 4.74 Å². The van der Waals surface area contributed by atoms with Crippen LogP contribution in [0.1, 0.15) is 45.4 Å². The summed E-state index contributed by atoms with van der Waals surface area (Å²) in [6.07, 6.45) is 6.98. The number of anilines is 1. The highest BCUT2D eigenvalue weighted by Gasteiger charge is 2.39. The van der Waals surface area contributed by atoms with Gasteiger partial charge in [-0.25, -0.2) is 8.42 Å². The van der Waals surface area contributed by atoms with Crippen molar-refractivity contribution < 1.29 is 13.2 Å². The number of hydrogen-bond acceptors (Lipinski definition) is 4. The van der Waals surface area contributed by atoms with Crippen molar-refractivity contribution in [3.05, 3.63) is 24.3 Å². The minimum absolute atomic E-state index is 0.0986. The van der Waals surface area contributed by atoms with Crippen LogP contribution in [0.2, 0.25) is 0 Å². The summed E-state index contributed by atoms with van der Waals surface area (Å²) in [6.45, 7) is 2.49. The highest BCUT2D eigenvalue weighted by molar-refractivity contribution is 7.91. The molecule has 1 heterocycles. The normalized spacial score (nSPS) is 24.5. The summed E-state index contributed by atoms with van der Waals surface area (Å²) in [7, 11) is -3.11. The summed E-state index contributed by atoms with van der Waals surface area (Å²) in [5.74, 6) is 0.141. The Morgan fingerprint density at radius 1 is 1.23 bits per heavy atom. The van der Waals surface area contributed by atoms with E-state index in [2.05, 4.69) is 5.32 Å². The Labute approximate surface area is 133 Å². The van der Waals surface area contributed by atoms with E-state index >= 15 is 0 Å². The molecule has 0 bridgehead atoms. The molecular weight excluding hydrogens is 298 g/mol. The van der Waals surface area contributed by atoms with E-state index in [9.17, 15) is 8.42 Å². The molecule has 1 N–H and O–H groups in total. The van der Waals surface area contributed by atoms with Crippen molar-refractivity contribution >= 4 is 15.5 Å². The molecule has 1 saturated heterocycles. The Balaban J connectivity index is 1.66. The highest BCUT2D eigenvalue weighted by atomic mass is 32.2. The fourth-order valence-electron chi connectivity index (χ4n) is 3.68. The second-order valence-electron chi connectivity index (χ2n) is 6.50. The molecule has 1 spiro atoms. The van der Waals surface area contributed by atoms with E-state index in [1.165, 1.54) is 25.7 Å². The molecule has 2 fully saturated rings. The van der Waals surface area contributed by atoms with Crippen LogP contribution in [-0.4, -0.2) is 32.4 Å². The molecule has 1 aliphatic carbocycles. The third-order valence-corrected chi connectivity index (χ3v) is 6.72. The van der Waals surface area contributed by atoms with Crippen LogP contribution >= 0.6 is 0 Å². The lowest BCUT2D eigenvalue weighted by Gasteiger charge is -2.39. The summed E-state index contributed by atoms with van der Waals surface area (Å²) >= 11 is 0. The molecule has 3 rings (SSSR count). The second kappa shape index (κ2) is 6.20. The van der Waals surface area contributed by atoms with Gasteiger partial charge in [-0.15, -0.1) is 0 Å². The molecule has 1 unspecified atom stereocenters. The van der Waals surface area contributed by atoms with Crippen molar-refractivity contribution in [3.8, 4) is 0 Å². The summed E-state index contributed by atoms with van der Waals surface area (Å²) in [6, 6.07) is 7.57. The Morgan fingerprint density at radius 2 is 1.91 bits per heavy atom. The summed E-state index contributed by atoms with van der Waals surface area (Å²) in [5, 5.41) is 3.55. The van der Waals surface area contributed by atoms with Crippen LogP contribution in [0.25, 0.3) is 0 Å². The van der Waals surface area contributed by atoms with E-state index in [1.54, 1.807) is 19.1 Å². The van der Waals surface area contributed by atoms with Crippen molar-refractivity contribution in [1.29, 1.82) is 0 Å². The van der Waals surface area contributed by atoms with Gasteiger partial charge in [-0.2, -0.15) is 0 Å². The fraction of sp³-hybridized carbons (Fsp3) is 0.647. The van der Waals surface area contributed by atoms with Gasteiger partial charge in [0.2, 0.25) is 0 Å². The van der Waals surface area contributed by atoms with Crippen molar-refractivity contribution in [2.24, 2.45) is 0 Å². The maximum absolute atomic E-state index is 11.8. The molecule has 1 aliphatic heterocycles. The monoisotopic (exact) mass is 323 g/mol. The molecule has 122 valence electrons. The van der Waals surface area contributed by atoms with E-state index in [-0.39, 0.29) is 11.4 Å².